The minimum atomic E-state index is 0.445. The van der Waals surface area contributed by atoms with E-state index in [2.05, 4.69) is 92.5 Å². The van der Waals surface area contributed by atoms with Crippen molar-refractivity contribution in [3.63, 3.8) is 0 Å². The summed E-state index contributed by atoms with van der Waals surface area (Å²) in [6, 6.07) is 21.4. The Hall–Kier alpha value is -0.640. The number of alkyl halides is 2. The van der Waals surface area contributed by atoms with Crippen molar-refractivity contribution in [3.05, 3.63) is 71.8 Å². The number of hydrogen-bond acceptors (Lipinski definition) is 1. The average Bonchev–Trinajstić information content (AvgIpc) is 2.63. The van der Waals surface area contributed by atoms with Gasteiger partial charge in [-0.05, 0) is 49.7 Å². The Balaban J connectivity index is 1.48. The molecule has 0 aliphatic rings. The number of benzene rings is 2. The van der Waals surface area contributed by atoms with E-state index in [9.17, 15) is 0 Å². The van der Waals surface area contributed by atoms with Gasteiger partial charge in [0.2, 0.25) is 0 Å². The van der Waals surface area contributed by atoms with E-state index in [4.69, 9.17) is 4.74 Å². The van der Waals surface area contributed by atoms with E-state index in [1.165, 1.54) is 24.0 Å². The molecule has 0 saturated heterocycles. The van der Waals surface area contributed by atoms with Crippen LogP contribution in [0.15, 0.2) is 60.7 Å². The average molecular weight is 468 g/mol. The molecule has 0 aliphatic heterocycles. The highest BCUT2D eigenvalue weighted by Gasteiger charge is 2.08. The zero-order chi connectivity index (χ0) is 17.7. The normalized spacial score (nSPS) is 13.5. The van der Waals surface area contributed by atoms with Crippen molar-refractivity contribution in [3.8, 4) is 0 Å². The van der Waals surface area contributed by atoms with E-state index in [0.717, 1.165) is 38.9 Å². The van der Waals surface area contributed by atoms with E-state index < -0.39 is 0 Å². The third-order valence-corrected chi connectivity index (χ3v) is 5.69. The van der Waals surface area contributed by atoms with Crippen LogP contribution in [-0.2, 0) is 17.6 Å². The monoisotopic (exact) mass is 466 g/mol. The summed E-state index contributed by atoms with van der Waals surface area (Å²) in [6.45, 7) is 1.57. The molecule has 0 aromatic heterocycles. The minimum Gasteiger partial charge on any atom is -0.379 e. The van der Waals surface area contributed by atoms with Crippen molar-refractivity contribution < 1.29 is 4.74 Å². The molecule has 25 heavy (non-hydrogen) atoms. The Bertz CT molecular complexity index is 507. The number of rotatable bonds is 12. The van der Waals surface area contributed by atoms with Gasteiger partial charge in [0.15, 0.2) is 0 Å². The molecule has 0 radical (unpaired) electrons. The van der Waals surface area contributed by atoms with Crippen molar-refractivity contribution >= 4 is 31.9 Å². The second kappa shape index (κ2) is 12.7. The lowest BCUT2D eigenvalue weighted by Crippen LogP contribution is -2.15. The highest BCUT2D eigenvalue weighted by Crippen LogP contribution is 2.15. The van der Waals surface area contributed by atoms with Gasteiger partial charge in [0.05, 0.1) is 13.2 Å². The van der Waals surface area contributed by atoms with Crippen LogP contribution in [0.3, 0.4) is 0 Å². The van der Waals surface area contributed by atoms with Gasteiger partial charge in [0.25, 0.3) is 0 Å². The van der Waals surface area contributed by atoms with E-state index >= 15 is 0 Å². The first-order valence-corrected chi connectivity index (χ1v) is 11.0. The van der Waals surface area contributed by atoms with Crippen molar-refractivity contribution in [2.45, 2.75) is 48.2 Å². The first kappa shape index (κ1) is 20.7. The second-order valence-corrected chi connectivity index (χ2v) is 9.08. The predicted molar refractivity (Wildman–Crippen MR) is 115 cm³/mol. The predicted octanol–water partition coefficient (Wildman–Crippen LogP) is 6.58. The van der Waals surface area contributed by atoms with E-state index in [-0.39, 0.29) is 0 Å². The van der Waals surface area contributed by atoms with Crippen molar-refractivity contribution in [1.82, 2.24) is 0 Å². The summed E-state index contributed by atoms with van der Waals surface area (Å²) in [7, 11) is 0. The highest BCUT2D eigenvalue weighted by atomic mass is 79.9. The fourth-order valence-corrected chi connectivity index (χ4v) is 3.86. The number of halogens is 2. The maximum Gasteiger partial charge on any atom is 0.0591 e. The number of hydrogen-bond donors (Lipinski definition) is 0. The van der Waals surface area contributed by atoms with Crippen molar-refractivity contribution in [2.75, 3.05) is 13.2 Å². The van der Waals surface area contributed by atoms with Crippen LogP contribution in [-0.4, -0.2) is 22.9 Å². The van der Waals surface area contributed by atoms with Gasteiger partial charge in [0.1, 0.15) is 0 Å². The number of aryl methyl sites for hydroxylation is 2. The lowest BCUT2D eigenvalue weighted by atomic mass is 10.1. The number of ether oxygens (including phenoxy) is 1. The van der Waals surface area contributed by atoms with Crippen LogP contribution < -0.4 is 0 Å². The second-order valence-electron chi connectivity index (χ2n) is 6.49. The Kier molecular flexibility index (Phi) is 10.5. The van der Waals surface area contributed by atoms with Gasteiger partial charge in [-0.15, -0.1) is 0 Å². The molecule has 0 bridgehead atoms. The maximum atomic E-state index is 5.87. The summed E-state index contributed by atoms with van der Waals surface area (Å²) in [5.74, 6) is 0. The molecule has 0 fully saturated rings. The SMILES string of the molecule is BrC(CCCc1ccccc1)COCC(Br)CCCc1ccccc1. The molecule has 0 amide bonds. The summed E-state index contributed by atoms with van der Waals surface area (Å²) in [5.41, 5.74) is 2.84. The van der Waals surface area contributed by atoms with E-state index in [0.29, 0.717) is 9.65 Å². The largest absolute Gasteiger partial charge is 0.379 e. The lowest BCUT2D eigenvalue weighted by Gasteiger charge is -2.14. The molecule has 1 nitrogen and oxygen atoms in total. The topological polar surface area (TPSA) is 9.23 Å². The van der Waals surface area contributed by atoms with E-state index in [1.807, 2.05) is 0 Å². The van der Waals surface area contributed by atoms with Gasteiger partial charge in [-0.3, -0.25) is 0 Å². The van der Waals surface area contributed by atoms with Crippen LogP contribution in [0.4, 0.5) is 0 Å². The molecule has 0 heterocycles. The fraction of sp³-hybridized carbons (Fsp3) is 0.455. The van der Waals surface area contributed by atoms with Crippen LogP contribution in [0.1, 0.15) is 36.8 Å². The zero-order valence-electron chi connectivity index (χ0n) is 14.7. The standard InChI is InChI=1S/C22H28Br2O/c23-21(15-7-13-19-9-3-1-4-10-19)17-25-18-22(24)16-8-14-20-11-5-2-6-12-20/h1-6,9-12,21-22H,7-8,13-18H2. The van der Waals surface area contributed by atoms with Crippen molar-refractivity contribution in [1.29, 1.82) is 0 Å². The Morgan fingerprint density at radius 2 is 1.04 bits per heavy atom. The van der Waals surface area contributed by atoms with Crippen molar-refractivity contribution in [2.24, 2.45) is 0 Å². The minimum absolute atomic E-state index is 0.445. The molecule has 3 heteroatoms. The first-order valence-electron chi connectivity index (χ1n) is 9.18. The van der Waals surface area contributed by atoms with Crippen LogP contribution in [0.2, 0.25) is 0 Å². The van der Waals surface area contributed by atoms with E-state index in [1.54, 1.807) is 0 Å². The molecular formula is C22H28Br2O. The Labute approximate surface area is 169 Å². The molecule has 0 spiro atoms. The third-order valence-electron chi connectivity index (χ3n) is 4.25. The summed E-state index contributed by atoms with van der Waals surface area (Å²) in [5, 5.41) is 0. The molecule has 2 aromatic carbocycles. The van der Waals surface area contributed by atoms with Gasteiger partial charge in [-0.25, -0.2) is 0 Å². The molecule has 2 aromatic rings. The molecule has 136 valence electrons. The van der Waals surface area contributed by atoms with Gasteiger partial charge >= 0.3 is 0 Å². The fourth-order valence-electron chi connectivity index (χ4n) is 2.84. The van der Waals surface area contributed by atoms with Gasteiger partial charge in [0, 0.05) is 9.65 Å². The molecule has 0 saturated carbocycles. The third kappa shape index (κ3) is 9.58. The molecule has 2 atom stereocenters. The van der Waals surface area contributed by atoms with Gasteiger partial charge < -0.3 is 4.74 Å². The van der Waals surface area contributed by atoms with Crippen LogP contribution >= 0.6 is 31.9 Å². The zero-order valence-corrected chi connectivity index (χ0v) is 17.9. The Morgan fingerprint density at radius 1 is 0.640 bits per heavy atom. The summed E-state index contributed by atoms with van der Waals surface area (Å²) in [6.07, 6.45) is 6.97. The molecule has 0 N–H and O–H groups in total. The van der Waals surface area contributed by atoms with Crippen LogP contribution in [0.5, 0.6) is 0 Å². The molecule has 2 unspecified atom stereocenters. The van der Waals surface area contributed by atoms with Gasteiger partial charge in [-0.2, -0.15) is 0 Å². The molecular weight excluding hydrogens is 440 g/mol. The molecule has 2 rings (SSSR count). The highest BCUT2D eigenvalue weighted by molar-refractivity contribution is 9.09. The lowest BCUT2D eigenvalue weighted by molar-refractivity contribution is 0.135. The first-order chi connectivity index (χ1) is 12.2. The summed E-state index contributed by atoms with van der Waals surface area (Å²) in [4.78, 5) is 0.889. The van der Waals surface area contributed by atoms with Crippen LogP contribution in [0, 0.1) is 0 Å². The summed E-state index contributed by atoms with van der Waals surface area (Å²) >= 11 is 7.49. The smallest absolute Gasteiger partial charge is 0.0591 e. The Morgan fingerprint density at radius 3 is 1.44 bits per heavy atom. The van der Waals surface area contributed by atoms with Crippen LogP contribution in [0.25, 0.3) is 0 Å². The molecule has 0 aliphatic carbocycles. The van der Waals surface area contributed by atoms with Gasteiger partial charge in [-0.1, -0.05) is 92.5 Å². The maximum absolute atomic E-state index is 5.87. The quantitative estimate of drug-likeness (QED) is 0.320. The summed E-state index contributed by atoms with van der Waals surface area (Å²) < 4.78 is 5.87.